The summed E-state index contributed by atoms with van der Waals surface area (Å²) in [6, 6.07) is 1.77. The van der Waals surface area contributed by atoms with Gasteiger partial charge in [-0.3, -0.25) is 4.79 Å². The van der Waals surface area contributed by atoms with Crippen molar-refractivity contribution in [2.75, 3.05) is 0 Å². The number of hydrogen-bond acceptors (Lipinski definition) is 2. The average molecular weight is 152 g/mol. The van der Waals surface area contributed by atoms with Crippen LogP contribution in [0.4, 0.5) is 0 Å². The van der Waals surface area contributed by atoms with Gasteiger partial charge in [-0.1, -0.05) is 13.8 Å². The van der Waals surface area contributed by atoms with Crippen LogP contribution in [0.1, 0.15) is 41.6 Å². The Balaban J connectivity index is 3.11. The van der Waals surface area contributed by atoms with E-state index in [1.165, 1.54) is 0 Å². The van der Waals surface area contributed by atoms with Crippen molar-refractivity contribution < 1.29 is 9.21 Å². The molecule has 1 rings (SSSR count). The number of carbonyl (C=O) groups is 1. The molecule has 1 aromatic rings. The van der Waals surface area contributed by atoms with E-state index in [4.69, 9.17) is 4.42 Å². The third-order valence-electron chi connectivity index (χ3n) is 1.57. The van der Waals surface area contributed by atoms with E-state index in [0.717, 1.165) is 17.8 Å². The van der Waals surface area contributed by atoms with Crippen molar-refractivity contribution in [2.24, 2.45) is 0 Å². The van der Waals surface area contributed by atoms with Crippen molar-refractivity contribution in [1.82, 2.24) is 0 Å². The molecule has 0 amide bonds. The van der Waals surface area contributed by atoms with Crippen LogP contribution in [0, 0.1) is 6.92 Å². The third-order valence-corrected chi connectivity index (χ3v) is 1.57. The first-order valence-corrected chi connectivity index (χ1v) is 3.70. The van der Waals surface area contributed by atoms with Crippen LogP contribution in [0.2, 0.25) is 0 Å². The van der Waals surface area contributed by atoms with Crippen LogP contribution in [0.15, 0.2) is 10.5 Å². The molecule has 2 heteroatoms. The molecule has 0 fully saturated rings. The van der Waals surface area contributed by atoms with Crippen LogP contribution >= 0.6 is 0 Å². The molecule has 0 aliphatic carbocycles. The van der Waals surface area contributed by atoms with Crippen molar-refractivity contribution >= 4 is 6.29 Å². The SMILES string of the molecule is Cc1cc(C=O)c(C(C)C)o1. The maximum absolute atomic E-state index is 10.5. The summed E-state index contributed by atoms with van der Waals surface area (Å²) in [6.45, 7) is 5.86. The second-order valence-electron chi connectivity index (χ2n) is 2.95. The molecule has 0 saturated carbocycles. The maximum Gasteiger partial charge on any atom is 0.153 e. The van der Waals surface area contributed by atoms with Crippen LogP contribution in [0.25, 0.3) is 0 Å². The van der Waals surface area contributed by atoms with Gasteiger partial charge >= 0.3 is 0 Å². The summed E-state index contributed by atoms with van der Waals surface area (Å²) in [6.07, 6.45) is 0.839. The molecule has 0 atom stereocenters. The summed E-state index contributed by atoms with van der Waals surface area (Å²) in [5, 5.41) is 0. The Morgan fingerprint density at radius 1 is 1.55 bits per heavy atom. The van der Waals surface area contributed by atoms with Gasteiger partial charge in [-0.25, -0.2) is 0 Å². The third kappa shape index (κ3) is 1.50. The molecule has 0 radical (unpaired) electrons. The minimum Gasteiger partial charge on any atom is -0.465 e. The highest BCUT2D eigenvalue weighted by molar-refractivity contribution is 5.76. The molecule has 60 valence electrons. The molecule has 0 N–H and O–H groups in total. The van der Waals surface area contributed by atoms with Gasteiger partial charge in [-0.15, -0.1) is 0 Å². The normalized spacial score (nSPS) is 10.5. The molecule has 0 bridgehead atoms. The number of carbonyl (C=O) groups excluding carboxylic acids is 1. The first kappa shape index (κ1) is 8.05. The van der Waals surface area contributed by atoms with Crippen LogP contribution in [0.3, 0.4) is 0 Å². The Morgan fingerprint density at radius 2 is 2.18 bits per heavy atom. The Morgan fingerprint density at radius 3 is 2.55 bits per heavy atom. The van der Waals surface area contributed by atoms with E-state index in [1.54, 1.807) is 6.07 Å². The van der Waals surface area contributed by atoms with Crippen molar-refractivity contribution in [1.29, 1.82) is 0 Å². The smallest absolute Gasteiger partial charge is 0.153 e. The van der Waals surface area contributed by atoms with Gasteiger partial charge in [-0.2, -0.15) is 0 Å². The first-order chi connectivity index (χ1) is 5.15. The van der Waals surface area contributed by atoms with Gasteiger partial charge < -0.3 is 4.42 Å². The van der Waals surface area contributed by atoms with Gasteiger partial charge in [0.1, 0.15) is 11.5 Å². The quantitative estimate of drug-likeness (QED) is 0.609. The molecule has 0 aliphatic rings. The molecule has 1 heterocycles. The zero-order valence-electron chi connectivity index (χ0n) is 7.05. The van der Waals surface area contributed by atoms with Gasteiger partial charge in [0.25, 0.3) is 0 Å². The number of aryl methyl sites for hydroxylation is 1. The molecular weight excluding hydrogens is 140 g/mol. The van der Waals surface area contributed by atoms with E-state index in [-0.39, 0.29) is 5.92 Å². The highest BCUT2D eigenvalue weighted by atomic mass is 16.3. The summed E-state index contributed by atoms with van der Waals surface area (Å²) >= 11 is 0. The molecule has 11 heavy (non-hydrogen) atoms. The lowest BCUT2D eigenvalue weighted by Crippen LogP contribution is -1.88. The average Bonchev–Trinajstić information content (AvgIpc) is 2.30. The number of furan rings is 1. The van der Waals surface area contributed by atoms with Gasteiger partial charge in [-0.05, 0) is 13.0 Å². The standard InChI is InChI=1S/C9H12O2/c1-6(2)9-8(5-10)4-7(3)11-9/h4-6H,1-3H3. The fourth-order valence-electron chi connectivity index (χ4n) is 1.10. The van der Waals surface area contributed by atoms with Gasteiger partial charge in [0, 0.05) is 5.92 Å². The van der Waals surface area contributed by atoms with E-state index in [0.29, 0.717) is 5.56 Å². The van der Waals surface area contributed by atoms with Crippen molar-refractivity contribution in [3.8, 4) is 0 Å². The maximum atomic E-state index is 10.5. The van der Waals surface area contributed by atoms with E-state index in [9.17, 15) is 4.79 Å². The predicted octanol–water partition coefficient (Wildman–Crippen LogP) is 2.52. The first-order valence-electron chi connectivity index (χ1n) is 3.70. The minimum absolute atomic E-state index is 0.281. The molecule has 0 aliphatic heterocycles. The highest BCUT2D eigenvalue weighted by Gasteiger charge is 2.10. The van der Waals surface area contributed by atoms with Crippen LogP contribution in [0.5, 0.6) is 0 Å². The van der Waals surface area contributed by atoms with Crippen LogP contribution < -0.4 is 0 Å². The fourth-order valence-corrected chi connectivity index (χ4v) is 1.10. The van der Waals surface area contributed by atoms with E-state index < -0.39 is 0 Å². The zero-order valence-corrected chi connectivity index (χ0v) is 7.05. The van der Waals surface area contributed by atoms with E-state index in [2.05, 4.69) is 0 Å². The summed E-state index contributed by atoms with van der Waals surface area (Å²) in [7, 11) is 0. The van der Waals surface area contributed by atoms with Crippen LogP contribution in [-0.2, 0) is 0 Å². The lowest BCUT2D eigenvalue weighted by atomic mass is 10.1. The molecular formula is C9H12O2. The summed E-state index contributed by atoms with van der Waals surface area (Å²) in [5.41, 5.74) is 0.678. The summed E-state index contributed by atoms with van der Waals surface area (Å²) in [5.74, 6) is 1.87. The molecule has 1 aromatic heterocycles. The second-order valence-corrected chi connectivity index (χ2v) is 2.95. The highest BCUT2D eigenvalue weighted by Crippen LogP contribution is 2.21. The molecule has 0 unspecified atom stereocenters. The fraction of sp³-hybridized carbons (Fsp3) is 0.444. The molecule has 0 saturated heterocycles. The van der Waals surface area contributed by atoms with Gasteiger partial charge in [0.2, 0.25) is 0 Å². The van der Waals surface area contributed by atoms with E-state index >= 15 is 0 Å². The minimum atomic E-state index is 0.281. The van der Waals surface area contributed by atoms with Crippen LogP contribution in [-0.4, -0.2) is 6.29 Å². The van der Waals surface area contributed by atoms with Gasteiger partial charge in [0.05, 0.1) is 5.56 Å². The Bertz CT molecular complexity index is 259. The second kappa shape index (κ2) is 2.91. The Hall–Kier alpha value is -1.05. The molecule has 0 aromatic carbocycles. The summed E-state index contributed by atoms with van der Waals surface area (Å²) in [4.78, 5) is 10.5. The lowest BCUT2D eigenvalue weighted by Gasteiger charge is -1.99. The monoisotopic (exact) mass is 152 g/mol. The Labute approximate surface area is 66.2 Å². The van der Waals surface area contributed by atoms with Gasteiger partial charge in [0.15, 0.2) is 6.29 Å². The lowest BCUT2D eigenvalue weighted by molar-refractivity contribution is 0.112. The van der Waals surface area contributed by atoms with Crippen molar-refractivity contribution in [3.05, 3.63) is 23.2 Å². The zero-order chi connectivity index (χ0) is 8.43. The predicted molar refractivity (Wildman–Crippen MR) is 42.9 cm³/mol. The van der Waals surface area contributed by atoms with Crippen molar-refractivity contribution in [3.63, 3.8) is 0 Å². The molecule has 2 nitrogen and oxygen atoms in total. The van der Waals surface area contributed by atoms with E-state index in [1.807, 2.05) is 20.8 Å². The summed E-state index contributed by atoms with van der Waals surface area (Å²) < 4.78 is 5.34. The number of aldehydes is 1. The number of hydrogen-bond donors (Lipinski definition) is 0. The largest absolute Gasteiger partial charge is 0.465 e. The Kier molecular flexibility index (Phi) is 2.13. The topological polar surface area (TPSA) is 30.2 Å². The molecule has 0 spiro atoms. The number of rotatable bonds is 2. The van der Waals surface area contributed by atoms with Crippen molar-refractivity contribution in [2.45, 2.75) is 26.7 Å².